The zero-order valence-corrected chi connectivity index (χ0v) is 21.5. The molecule has 5 rings (SSSR count). The third kappa shape index (κ3) is 6.23. The first kappa shape index (κ1) is 25.9. The molecule has 0 bridgehead atoms. The van der Waals surface area contributed by atoms with Gasteiger partial charge in [-0.1, -0.05) is 42.5 Å². The Kier molecular flexibility index (Phi) is 8.05. The second-order valence-corrected chi connectivity index (χ2v) is 10.5. The molecule has 2 aromatic rings. The summed E-state index contributed by atoms with van der Waals surface area (Å²) in [5.74, 6) is -0.418. The number of hydrogen-bond acceptors (Lipinski definition) is 6. The van der Waals surface area contributed by atoms with Crippen LogP contribution in [0, 0.1) is 11.8 Å². The van der Waals surface area contributed by atoms with Crippen molar-refractivity contribution in [2.75, 3.05) is 13.1 Å². The summed E-state index contributed by atoms with van der Waals surface area (Å²) in [7, 11) is 0. The average molecular weight is 519 g/mol. The fraction of sp³-hybridized carbons (Fsp3) is 0.467. The first-order valence-corrected chi connectivity index (χ1v) is 13.6. The molecule has 38 heavy (non-hydrogen) atoms. The molecular weight excluding hydrogens is 484 g/mol. The van der Waals surface area contributed by atoms with Gasteiger partial charge in [-0.2, -0.15) is 0 Å². The molecule has 2 aliphatic heterocycles. The van der Waals surface area contributed by atoms with Crippen molar-refractivity contribution < 1.29 is 28.7 Å². The lowest BCUT2D eigenvalue weighted by Crippen LogP contribution is -2.39. The van der Waals surface area contributed by atoms with E-state index < -0.39 is 0 Å². The van der Waals surface area contributed by atoms with Crippen molar-refractivity contribution >= 4 is 23.7 Å². The molecule has 200 valence electrons. The number of imide groups is 1. The number of amides is 3. The summed E-state index contributed by atoms with van der Waals surface area (Å²) in [5.41, 5.74) is 1.83. The number of rotatable bonds is 7. The van der Waals surface area contributed by atoms with Crippen molar-refractivity contribution in [1.29, 1.82) is 0 Å². The van der Waals surface area contributed by atoms with Crippen molar-refractivity contribution in [2.24, 2.45) is 11.8 Å². The predicted molar refractivity (Wildman–Crippen MR) is 139 cm³/mol. The van der Waals surface area contributed by atoms with Gasteiger partial charge in [-0.15, -0.1) is 0 Å². The molecule has 0 aromatic heterocycles. The minimum Gasteiger partial charge on any atom is -0.490 e. The Labute approximate surface area is 222 Å². The lowest BCUT2D eigenvalue weighted by atomic mass is 9.86. The van der Waals surface area contributed by atoms with Crippen LogP contribution in [0.15, 0.2) is 54.6 Å². The molecular formula is C30H34N2O6. The van der Waals surface area contributed by atoms with Gasteiger partial charge in [0.15, 0.2) is 0 Å². The molecule has 8 nitrogen and oxygen atoms in total. The average Bonchev–Trinajstić information content (AvgIpc) is 3.44. The summed E-state index contributed by atoms with van der Waals surface area (Å²) in [6.45, 7) is 1.29. The summed E-state index contributed by atoms with van der Waals surface area (Å²) in [4.78, 5) is 51.0. The smallest absolute Gasteiger partial charge is 0.311 e. The quantitative estimate of drug-likeness (QED) is 0.443. The summed E-state index contributed by atoms with van der Waals surface area (Å²) >= 11 is 0. The minimum atomic E-state index is -0.306. The van der Waals surface area contributed by atoms with E-state index in [1.165, 1.54) is 0 Å². The van der Waals surface area contributed by atoms with Crippen molar-refractivity contribution in [3.8, 4) is 5.75 Å². The van der Waals surface area contributed by atoms with E-state index in [-0.39, 0.29) is 54.2 Å². The number of piperidine rings is 1. The van der Waals surface area contributed by atoms with Gasteiger partial charge in [0.2, 0.25) is 17.7 Å². The van der Waals surface area contributed by atoms with Gasteiger partial charge < -0.3 is 14.4 Å². The maximum atomic E-state index is 13.1. The molecule has 1 saturated carbocycles. The summed E-state index contributed by atoms with van der Waals surface area (Å²) in [6.07, 6.45) is 4.67. The molecule has 8 heteroatoms. The largest absolute Gasteiger partial charge is 0.490 e. The summed E-state index contributed by atoms with van der Waals surface area (Å²) in [5, 5.41) is 2.40. The van der Waals surface area contributed by atoms with E-state index in [2.05, 4.69) is 5.32 Å². The van der Waals surface area contributed by atoms with Gasteiger partial charge in [-0.25, -0.2) is 0 Å². The van der Waals surface area contributed by atoms with E-state index in [1.807, 2.05) is 59.5 Å². The minimum absolute atomic E-state index is 0.0381. The Morgan fingerprint density at radius 2 is 1.61 bits per heavy atom. The number of nitrogens with one attached hydrogen (secondary N) is 1. The highest BCUT2D eigenvalue weighted by Crippen LogP contribution is 2.32. The monoisotopic (exact) mass is 518 g/mol. The zero-order valence-electron chi connectivity index (χ0n) is 21.5. The van der Waals surface area contributed by atoms with Crippen LogP contribution < -0.4 is 10.1 Å². The first-order valence-electron chi connectivity index (χ1n) is 13.6. The third-order valence-electron chi connectivity index (χ3n) is 7.91. The Hall–Kier alpha value is -3.68. The molecule has 1 N–H and O–H groups in total. The fourth-order valence-electron chi connectivity index (χ4n) is 5.67. The molecule has 0 radical (unpaired) electrons. The van der Waals surface area contributed by atoms with E-state index >= 15 is 0 Å². The van der Waals surface area contributed by atoms with Crippen LogP contribution in [0.3, 0.4) is 0 Å². The van der Waals surface area contributed by atoms with Crippen LogP contribution in [-0.4, -0.2) is 47.8 Å². The van der Waals surface area contributed by atoms with Crippen LogP contribution in [0.25, 0.3) is 0 Å². The maximum Gasteiger partial charge on any atom is 0.311 e. The number of nitrogens with zero attached hydrogens (tertiary/aromatic N) is 1. The Morgan fingerprint density at radius 3 is 2.32 bits per heavy atom. The van der Waals surface area contributed by atoms with Gasteiger partial charge in [0, 0.05) is 25.4 Å². The highest BCUT2D eigenvalue weighted by Gasteiger charge is 2.36. The number of benzene rings is 2. The molecule has 3 aliphatic rings. The van der Waals surface area contributed by atoms with E-state index in [1.54, 1.807) is 0 Å². The van der Waals surface area contributed by atoms with Crippen LogP contribution in [0.1, 0.15) is 62.0 Å². The number of carbonyl (C=O) groups excluding carboxylic acids is 4. The lowest BCUT2D eigenvalue weighted by Gasteiger charge is -2.31. The summed E-state index contributed by atoms with van der Waals surface area (Å²) < 4.78 is 11.6. The second kappa shape index (κ2) is 11.8. The topological polar surface area (TPSA) is 102 Å². The van der Waals surface area contributed by atoms with Gasteiger partial charge in [0.1, 0.15) is 12.4 Å². The highest BCUT2D eigenvalue weighted by molar-refractivity contribution is 6.00. The molecule has 0 spiro atoms. The van der Waals surface area contributed by atoms with Gasteiger partial charge in [-0.3, -0.25) is 24.5 Å². The second-order valence-electron chi connectivity index (χ2n) is 10.5. The highest BCUT2D eigenvalue weighted by atomic mass is 16.5. The molecule has 3 amide bonds. The Bertz CT molecular complexity index is 1160. The fourth-order valence-corrected chi connectivity index (χ4v) is 5.67. The van der Waals surface area contributed by atoms with E-state index in [0.29, 0.717) is 32.4 Å². The van der Waals surface area contributed by atoms with Crippen LogP contribution in [0.5, 0.6) is 5.75 Å². The van der Waals surface area contributed by atoms with E-state index in [0.717, 1.165) is 42.6 Å². The third-order valence-corrected chi connectivity index (χ3v) is 7.91. The van der Waals surface area contributed by atoms with Crippen LogP contribution in [0.4, 0.5) is 0 Å². The predicted octanol–water partition coefficient (Wildman–Crippen LogP) is 3.74. The molecule has 2 saturated heterocycles. The van der Waals surface area contributed by atoms with Crippen molar-refractivity contribution in [1.82, 2.24) is 10.2 Å². The number of likely N-dealkylation sites (tertiary alicyclic amines) is 1. The number of ether oxygens (including phenoxy) is 2. The van der Waals surface area contributed by atoms with Gasteiger partial charge in [-0.05, 0) is 61.8 Å². The van der Waals surface area contributed by atoms with E-state index in [4.69, 9.17) is 9.47 Å². The number of hydrogen-bond donors (Lipinski definition) is 1. The van der Waals surface area contributed by atoms with E-state index in [9.17, 15) is 19.2 Å². The normalized spacial score (nSPS) is 25.5. The van der Waals surface area contributed by atoms with Crippen LogP contribution >= 0.6 is 0 Å². The van der Waals surface area contributed by atoms with Crippen molar-refractivity contribution in [3.05, 3.63) is 65.7 Å². The first-order chi connectivity index (χ1) is 18.5. The van der Waals surface area contributed by atoms with Crippen LogP contribution in [0.2, 0.25) is 0 Å². The van der Waals surface area contributed by atoms with Gasteiger partial charge in [0.05, 0.1) is 17.9 Å². The number of carbonyl (C=O) groups is 4. The van der Waals surface area contributed by atoms with Crippen molar-refractivity contribution in [3.63, 3.8) is 0 Å². The SMILES string of the molecule is O=C1CCC(c2ccc(O[C@H]3CC[C@H](C(=O)N4CC[C@@H](C(=O)OCc5ccccc5)C4)CC3)cc2)C(=O)N1. The molecule has 1 unspecified atom stereocenters. The standard InChI is InChI=1S/C30H34N2O6/c33-27-15-14-26(28(34)31-27)21-6-10-24(11-7-21)38-25-12-8-22(9-13-25)29(35)32-17-16-23(18-32)30(36)37-19-20-4-2-1-3-5-20/h1-7,10-11,22-23,25-26H,8-9,12-19H2,(H,31,33,34)/t22-,23-,25-,26?/m1/s1. The van der Waals surface area contributed by atoms with Crippen molar-refractivity contribution in [2.45, 2.75) is 63.6 Å². The zero-order chi connectivity index (χ0) is 26.5. The van der Waals surface area contributed by atoms with Crippen LogP contribution in [-0.2, 0) is 30.5 Å². The van der Waals surface area contributed by atoms with Gasteiger partial charge in [0.25, 0.3) is 0 Å². The Morgan fingerprint density at radius 1 is 0.868 bits per heavy atom. The molecule has 2 heterocycles. The number of esters is 1. The molecule has 2 atom stereocenters. The molecule has 2 aromatic carbocycles. The molecule has 1 aliphatic carbocycles. The van der Waals surface area contributed by atoms with Gasteiger partial charge >= 0.3 is 5.97 Å². The summed E-state index contributed by atoms with van der Waals surface area (Å²) in [6, 6.07) is 17.1. The maximum absolute atomic E-state index is 13.1. The Balaban J connectivity index is 1.05. The molecule has 3 fully saturated rings. The lowest BCUT2D eigenvalue weighted by molar-refractivity contribution is -0.149.